The molecule has 2 rings (SSSR count). The maximum absolute atomic E-state index is 11.6. The fraction of sp³-hybridized carbons (Fsp3) is 0.636. The van der Waals surface area contributed by atoms with Crippen LogP contribution in [0.15, 0.2) is 0 Å². The van der Waals surface area contributed by atoms with Gasteiger partial charge >= 0.3 is 5.97 Å². The van der Waals surface area contributed by atoms with Gasteiger partial charge in [0.2, 0.25) is 0 Å². The number of nitrogens with one attached hydrogen (secondary N) is 1. The maximum atomic E-state index is 11.6. The summed E-state index contributed by atoms with van der Waals surface area (Å²) in [7, 11) is 1.35. The number of nitrogens with zero attached hydrogens (tertiary/aromatic N) is 1. The second kappa shape index (κ2) is 4.91. The molecule has 0 radical (unpaired) electrons. The van der Waals surface area contributed by atoms with Gasteiger partial charge in [0.1, 0.15) is 10.6 Å². The second-order valence-corrected chi connectivity index (χ2v) is 5.30. The molecular formula is C11H17N3O2S. The van der Waals surface area contributed by atoms with Gasteiger partial charge in [-0.1, -0.05) is 6.92 Å². The summed E-state index contributed by atoms with van der Waals surface area (Å²) < 4.78 is 8.71. The van der Waals surface area contributed by atoms with Crippen molar-refractivity contribution in [3.63, 3.8) is 0 Å². The molecule has 5 nitrogen and oxygen atoms in total. The Labute approximate surface area is 105 Å². The van der Waals surface area contributed by atoms with E-state index in [9.17, 15) is 4.79 Å². The molecule has 94 valence electrons. The SMILES string of the molecule is COC(=O)c1c(N)nsc1NC1CCC(C)C1. The van der Waals surface area contributed by atoms with E-state index >= 15 is 0 Å². The van der Waals surface area contributed by atoms with E-state index in [0.717, 1.165) is 23.8 Å². The number of methoxy groups -OCH3 is 1. The summed E-state index contributed by atoms with van der Waals surface area (Å²) in [6.45, 7) is 2.24. The number of carbonyl (C=O) groups excluding carboxylic acids is 1. The van der Waals surface area contributed by atoms with Gasteiger partial charge in [0, 0.05) is 6.04 Å². The van der Waals surface area contributed by atoms with E-state index in [0.29, 0.717) is 11.6 Å². The molecule has 17 heavy (non-hydrogen) atoms. The highest BCUT2D eigenvalue weighted by Gasteiger charge is 2.25. The van der Waals surface area contributed by atoms with Crippen LogP contribution in [0.3, 0.4) is 0 Å². The van der Waals surface area contributed by atoms with Crippen molar-refractivity contribution in [2.45, 2.75) is 32.2 Å². The average Bonchev–Trinajstić information content (AvgIpc) is 2.86. The summed E-state index contributed by atoms with van der Waals surface area (Å²) in [5, 5.41) is 4.08. The van der Waals surface area contributed by atoms with Crippen molar-refractivity contribution in [3.8, 4) is 0 Å². The van der Waals surface area contributed by atoms with E-state index in [1.165, 1.54) is 25.1 Å². The van der Waals surface area contributed by atoms with Gasteiger partial charge in [-0.3, -0.25) is 0 Å². The number of hydrogen-bond acceptors (Lipinski definition) is 6. The fourth-order valence-electron chi connectivity index (χ4n) is 2.22. The summed E-state index contributed by atoms with van der Waals surface area (Å²) in [6.07, 6.45) is 3.47. The third kappa shape index (κ3) is 2.52. The van der Waals surface area contributed by atoms with Crippen molar-refractivity contribution in [3.05, 3.63) is 5.56 Å². The third-order valence-electron chi connectivity index (χ3n) is 3.14. The Bertz CT molecular complexity index is 419. The topological polar surface area (TPSA) is 77.2 Å². The first-order valence-corrected chi connectivity index (χ1v) is 6.49. The number of esters is 1. The maximum Gasteiger partial charge on any atom is 0.344 e. The van der Waals surface area contributed by atoms with Gasteiger partial charge in [0.25, 0.3) is 0 Å². The smallest absolute Gasteiger partial charge is 0.344 e. The van der Waals surface area contributed by atoms with Crippen LogP contribution in [0.4, 0.5) is 10.8 Å². The van der Waals surface area contributed by atoms with E-state index in [-0.39, 0.29) is 5.82 Å². The predicted octanol–water partition coefficient (Wildman–Crippen LogP) is 2.11. The molecule has 1 saturated carbocycles. The molecule has 1 aromatic rings. The minimum atomic E-state index is -0.426. The van der Waals surface area contributed by atoms with Crippen LogP contribution in [0.2, 0.25) is 0 Å². The van der Waals surface area contributed by atoms with Crippen LogP contribution in [0, 0.1) is 5.92 Å². The van der Waals surface area contributed by atoms with Gasteiger partial charge in [-0.25, -0.2) is 4.79 Å². The largest absolute Gasteiger partial charge is 0.465 e. The van der Waals surface area contributed by atoms with Crippen molar-refractivity contribution in [1.82, 2.24) is 4.37 Å². The first-order chi connectivity index (χ1) is 8.11. The Morgan fingerprint density at radius 3 is 2.94 bits per heavy atom. The minimum Gasteiger partial charge on any atom is -0.465 e. The Balaban J connectivity index is 2.13. The number of rotatable bonds is 3. The number of carbonyl (C=O) groups is 1. The van der Waals surface area contributed by atoms with Crippen LogP contribution in [-0.4, -0.2) is 23.5 Å². The van der Waals surface area contributed by atoms with Crippen molar-refractivity contribution < 1.29 is 9.53 Å². The zero-order valence-electron chi connectivity index (χ0n) is 10.0. The lowest BCUT2D eigenvalue weighted by Crippen LogP contribution is -2.17. The van der Waals surface area contributed by atoms with E-state index in [4.69, 9.17) is 10.5 Å². The molecule has 0 saturated heterocycles. The molecule has 0 aromatic carbocycles. The Morgan fingerprint density at radius 1 is 1.59 bits per heavy atom. The van der Waals surface area contributed by atoms with E-state index in [1.807, 2.05) is 0 Å². The number of nitrogens with two attached hydrogens (primary N) is 1. The van der Waals surface area contributed by atoms with Crippen LogP contribution in [-0.2, 0) is 4.74 Å². The first-order valence-electron chi connectivity index (χ1n) is 5.71. The Hall–Kier alpha value is -1.30. The highest BCUT2D eigenvalue weighted by molar-refractivity contribution is 7.11. The van der Waals surface area contributed by atoms with Crippen molar-refractivity contribution in [1.29, 1.82) is 0 Å². The van der Waals surface area contributed by atoms with Crippen LogP contribution < -0.4 is 11.1 Å². The summed E-state index contributed by atoms with van der Waals surface area (Å²) in [5.41, 5.74) is 6.05. The molecule has 1 aliphatic rings. The summed E-state index contributed by atoms with van der Waals surface area (Å²) >= 11 is 1.22. The van der Waals surface area contributed by atoms with Gasteiger partial charge in [-0.2, -0.15) is 4.37 Å². The van der Waals surface area contributed by atoms with Gasteiger partial charge in [-0.15, -0.1) is 0 Å². The van der Waals surface area contributed by atoms with Crippen LogP contribution in [0.1, 0.15) is 36.5 Å². The molecule has 2 atom stereocenters. The monoisotopic (exact) mass is 255 g/mol. The molecule has 1 aromatic heterocycles. The van der Waals surface area contributed by atoms with Gasteiger partial charge < -0.3 is 15.8 Å². The molecule has 0 amide bonds. The van der Waals surface area contributed by atoms with E-state index < -0.39 is 5.97 Å². The number of anilines is 2. The number of aromatic nitrogens is 1. The fourth-order valence-corrected chi connectivity index (χ4v) is 3.00. The molecule has 3 N–H and O–H groups in total. The highest BCUT2D eigenvalue weighted by atomic mass is 32.1. The highest BCUT2D eigenvalue weighted by Crippen LogP contribution is 2.32. The van der Waals surface area contributed by atoms with Gasteiger partial charge in [0.15, 0.2) is 5.82 Å². The zero-order chi connectivity index (χ0) is 12.4. The summed E-state index contributed by atoms with van der Waals surface area (Å²) in [4.78, 5) is 11.6. The van der Waals surface area contributed by atoms with Crippen molar-refractivity contribution >= 4 is 28.3 Å². The molecule has 1 fully saturated rings. The first kappa shape index (κ1) is 12.2. The van der Waals surface area contributed by atoms with Crippen molar-refractivity contribution in [2.75, 3.05) is 18.2 Å². The summed E-state index contributed by atoms with van der Waals surface area (Å²) in [6, 6.07) is 0.410. The minimum absolute atomic E-state index is 0.246. The molecule has 2 unspecified atom stereocenters. The predicted molar refractivity (Wildman–Crippen MR) is 68.3 cm³/mol. The Kier molecular flexibility index (Phi) is 3.51. The third-order valence-corrected chi connectivity index (χ3v) is 3.93. The van der Waals surface area contributed by atoms with Crippen LogP contribution >= 0.6 is 11.5 Å². The lowest BCUT2D eigenvalue weighted by atomic mass is 10.1. The number of ether oxygens (including phenoxy) is 1. The number of hydrogen-bond donors (Lipinski definition) is 2. The molecule has 0 bridgehead atoms. The van der Waals surface area contributed by atoms with Crippen LogP contribution in [0.25, 0.3) is 0 Å². The number of nitrogen functional groups attached to an aromatic ring is 1. The molecular weight excluding hydrogens is 238 g/mol. The van der Waals surface area contributed by atoms with Gasteiger partial charge in [0.05, 0.1) is 7.11 Å². The lowest BCUT2D eigenvalue weighted by Gasteiger charge is -2.12. The molecule has 1 heterocycles. The lowest BCUT2D eigenvalue weighted by molar-refractivity contribution is 0.0603. The normalized spacial score (nSPS) is 23.6. The molecule has 0 spiro atoms. The molecule has 1 aliphatic carbocycles. The van der Waals surface area contributed by atoms with Crippen molar-refractivity contribution in [2.24, 2.45) is 5.92 Å². The standard InChI is InChI=1S/C11H17N3O2S/c1-6-3-4-7(5-6)13-10-8(11(15)16-2)9(12)14-17-10/h6-7,13H,3-5H2,1-2H3,(H2,12,14). The van der Waals surface area contributed by atoms with Gasteiger partial charge in [-0.05, 0) is 36.7 Å². The average molecular weight is 255 g/mol. The quantitative estimate of drug-likeness (QED) is 0.809. The summed E-state index contributed by atoms with van der Waals surface area (Å²) in [5.74, 6) is 0.555. The molecule has 6 heteroatoms. The molecule has 0 aliphatic heterocycles. The van der Waals surface area contributed by atoms with Crippen LogP contribution in [0.5, 0.6) is 0 Å². The van der Waals surface area contributed by atoms with E-state index in [2.05, 4.69) is 16.6 Å². The second-order valence-electron chi connectivity index (χ2n) is 4.52. The van der Waals surface area contributed by atoms with E-state index in [1.54, 1.807) is 0 Å². The zero-order valence-corrected chi connectivity index (χ0v) is 10.8. The Morgan fingerprint density at radius 2 is 2.35 bits per heavy atom.